The first-order valence-electron chi connectivity index (χ1n) is 9.27. The van der Waals surface area contributed by atoms with Crippen LogP contribution in [0.25, 0.3) is 11.1 Å². The minimum absolute atomic E-state index is 0.164. The first-order chi connectivity index (χ1) is 13.5. The third-order valence-corrected chi connectivity index (χ3v) is 5.18. The number of carbonyl (C=O) groups excluding carboxylic acids is 2. The lowest BCUT2D eigenvalue weighted by atomic mass is 9.95. The Bertz CT molecular complexity index is 1110. The van der Waals surface area contributed by atoms with Crippen LogP contribution in [0.5, 0.6) is 0 Å². The van der Waals surface area contributed by atoms with Gasteiger partial charge in [0, 0.05) is 26.2 Å². The molecule has 0 radical (unpaired) electrons. The summed E-state index contributed by atoms with van der Waals surface area (Å²) in [4.78, 5) is 38.3. The molecule has 7 nitrogen and oxygen atoms in total. The lowest BCUT2D eigenvalue weighted by Gasteiger charge is -2.29. The first-order valence-corrected chi connectivity index (χ1v) is 9.27. The summed E-state index contributed by atoms with van der Waals surface area (Å²) in [6.07, 6.45) is 0.747. The van der Waals surface area contributed by atoms with Crippen LogP contribution in [0, 0.1) is 6.92 Å². The number of rotatable bonds is 3. The summed E-state index contributed by atoms with van der Waals surface area (Å²) >= 11 is 0. The molecule has 4 rings (SSSR count). The number of aromatic nitrogens is 1. The van der Waals surface area contributed by atoms with Crippen LogP contribution in [0.3, 0.4) is 0 Å². The van der Waals surface area contributed by atoms with Crippen LogP contribution in [0.1, 0.15) is 16.7 Å². The van der Waals surface area contributed by atoms with E-state index >= 15 is 0 Å². The number of para-hydroxylation sites is 2. The van der Waals surface area contributed by atoms with Gasteiger partial charge >= 0.3 is 17.6 Å². The van der Waals surface area contributed by atoms with Gasteiger partial charge in [-0.3, -0.25) is 14.2 Å². The van der Waals surface area contributed by atoms with E-state index in [0.717, 1.165) is 12.0 Å². The molecule has 2 heterocycles. The van der Waals surface area contributed by atoms with E-state index in [1.54, 1.807) is 23.1 Å². The van der Waals surface area contributed by atoms with Crippen LogP contribution in [0.4, 0.5) is 0 Å². The molecule has 0 fully saturated rings. The van der Waals surface area contributed by atoms with E-state index in [-0.39, 0.29) is 13.1 Å². The smallest absolute Gasteiger partial charge is 0.408 e. The van der Waals surface area contributed by atoms with Gasteiger partial charge < -0.3 is 14.6 Å². The zero-order valence-corrected chi connectivity index (χ0v) is 15.6. The van der Waals surface area contributed by atoms with Crippen LogP contribution in [-0.4, -0.2) is 34.4 Å². The molecule has 3 aromatic rings. The second kappa shape index (κ2) is 7.34. The van der Waals surface area contributed by atoms with Crippen molar-refractivity contribution in [1.29, 1.82) is 0 Å². The zero-order valence-electron chi connectivity index (χ0n) is 15.6. The van der Waals surface area contributed by atoms with Crippen molar-refractivity contribution in [3.63, 3.8) is 0 Å². The minimum Gasteiger partial charge on any atom is -0.408 e. The number of oxazole rings is 1. The van der Waals surface area contributed by atoms with E-state index in [1.165, 1.54) is 15.7 Å². The third kappa shape index (κ3) is 3.31. The minimum atomic E-state index is -0.656. The van der Waals surface area contributed by atoms with Crippen LogP contribution in [-0.2, 0) is 29.1 Å². The van der Waals surface area contributed by atoms with Gasteiger partial charge in [0.05, 0.1) is 5.52 Å². The molecule has 0 unspecified atom stereocenters. The van der Waals surface area contributed by atoms with E-state index in [9.17, 15) is 14.4 Å². The summed E-state index contributed by atoms with van der Waals surface area (Å²) in [5, 5.41) is 2.61. The SMILES string of the molecule is Cc1cccc2c1CCN(C(=O)C(=O)NCCn1c(=O)oc3ccccc31)C2. The highest BCUT2D eigenvalue weighted by Crippen LogP contribution is 2.22. The Labute approximate surface area is 161 Å². The van der Waals surface area contributed by atoms with Crippen LogP contribution < -0.4 is 11.1 Å². The molecule has 0 saturated carbocycles. The molecule has 144 valence electrons. The number of aryl methyl sites for hydroxylation is 1. The fourth-order valence-corrected chi connectivity index (χ4v) is 3.70. The molecular formula is C21H21N3O4. The van der Waals surface area contributed by atoms with Gasteiger partial charge in [0.2, 0.25) is 0 Å². The second-order valence-electron chi connectivity index (χ2n) is 6.93. The fourth-order valence-electron chi connectivity index (χ4n) is 3.70. The number of hydrogen-bond donors (Lipinski definition) is 1. The Kier molecular flexibility index (Phi) is 4.73. The first kappa shape index (κ1) is 18.0. The number of benzene rings is 2. The lowest BCUT2D eigenvalue weighted by Crippen LogP contribution is -2.46. The molecule has 0 aliphatic carbocycles. The summed E-state index contributed by atoms with van der Waals surface area (Å²) in [5.41, 5.74) is 4.72. The zero-order chi connectivity index (χ0) is 19.7. The van der Waals surface area contributed by atoms with E-state index in [4.69, 9.17) is 4.42 Å². The fraction of sp³-hybridized carbons (Fsp3) is 0.286. The lowest BCUT2D eigenvalue weighted by molar-refractivity contribution is -0.146. The maximum Gasteiger partial charge on any atom is 0.420 e. The van der Waals surface area contributed by atoms with Gasteiger partial charge in [0.25, 0.3) is 0 Å². The molecule has 2 aromatic carbocycles. The van der Waals surface area contributed by atoms with Crippen molar-refractivity contribution in [2.45, 2.75) is 26.4 Å². The second-order valence-corrected chi connectivity index (χ2v) is 6.93. The van der Waals surface area contributed by atoms with Crippen LogP contribution in [0.2, 0.25) is 0 Å². The van der Waals surface area contributed by atoms with Gasteiger partial charge in [-0.05, 0) is 42.2 Å². The topological polar surface area (TPSA) is 84.5 Å². The normalized spacial score (nSPS) is 13.4. The van der Waals surface area contributed by atoms with E-state index in [2.05, 4.69) is 18.3 Å². The van der Waals surface area contributed by atoms with Gasteiger partial charge in [-0.15, -0.1) is 0 Å². The average Bonchev–Trinajstić information content (AvgIpc) is 3.02. The Hall–Kier alpha value is -3.35. The predicted octanol–water partition coefficient (Wildman–Crippen LogP) is 1.60. The van der Waals surface area contributed by atoms with Gasteiger partial charge in [-0.1, -0.05) is 30.3 Å². The van der Waals surface area contributed by atoms with E-state index in [0.29, 0.717) is 24.2 Å². The average molecular weight is 379 g/mol. The van der Waals surface area contributed by atoms with Crippen molar-refractivity contribution in [1.82, 2.24) is 14.8 Å². The van der Waals surface area contributed by atoms with Gasteiger partial charge in [0.1, 0.15) is 0 Å². The Morgan fingerprint density at radius 1 is 1.14 bits per heavy atom. The summed E-state index contributed by atoms with van der Waals surface area (Å²) < 4.78 is 6.61. The Morgan fingerprint density at radius 3 is 2.82 bits per heavy atom. The number of fused-ring (bicyclic) bond motifs is 2. The maximum atomic E-state index is 12.5. The Balaban J connectivity index is 1.37. The van der Waals surface area contributed by atoms with E-state index in [1.807, 2.05) is 18.2 Å². The molecule has 0 atom stereocenters. The van der Waals surface area contributed by atoms with Crippen molar-refractivity contribution in [3.05, 3.63) is 69.7 Å². The highest BCUT2D eigenvalue weighted by molar-refractivity contribution is 6.35. The van der Waals surface area contributed by atoms with Crippen molar-refractivity contribution in [3.8, 4) is 0 Å². The molecule has 2 amide bonds. The standard InChI is InChI=1S/C21H21N3O4/c1-14-5-4-6-15-13-23(11-9-16(14)15)20(26)19(25)22-10-12-24-17-7-2-3-8-18(17)28-21(24)27/h2-8H,9-13H2,1H3,(H,22,25). The quantitative estimate of drug-likeness (QED) is 0.701. The van der Waals surface area contributed by atoms with Crippen LogP contribution >= 0.6 is 0 Å². The molecule has 1 aromatic heterocycles. The summed E-state index contributed by atoms with van der Waals surface area (Å²) in [6, 6.07) is 13.1. The molecule has 0 bridgehead atoms. The predicted molar refractivity (Wildman–Crippen MR) is 104 cm³/mol. The molecule has 1 aliphatic heterocycles. The van der Waals surface area contributed by atoms with Crippen molar-refractivity contribution in [2.75, 3.05) is 13.1 Å². The molecule has 0 saturated heterocycles. The summed E-state index contributed by atoms with van der Waals surface area (Å²) in [6.45, 7) is 3.42. The van der Waals surface area contributed by atoms with Crippen molar-refractivity contribution >= 4 is 22.9 Å². The number of amides is 2. The molecule has 7 heteroatoms. The van der Waals surface area contributed by atoms with Gasteiger partial charge in [-0.25, -0.2) is 4.79 Å². The monoisotopic (exact) mass is 379 g/mol. The highest BCUT2D eigenvalue weighted by Gasteiger charge is 2.26. The van der Waals surface area contributed by atoms with Crippen molar-refractivity contribution in [2.24, 2.45) is 0 Å². The largest absolute Gasteiger partial charge is 0.420 e. The molecule has 1 aliphatic rings. The number of nitrogens with zero attached hydrogens (tertiary/aromatic N) is 2. The van der Waals surface area contributed by atoms with Gasteiger partial charge in [-0.2, -0.15) is 0 Å². The van der Waals surface area contributed by atoms with Crippen LogP contribution in [0.15, 0.2) is 51.7 Å². The molecular weight excluding hydrogens is 358 g/mol. The highest BCUT2D eigenvalue weighted by atomic mass is 16.4. The van der Waals surface area contributed by atoms with Gasteiger partial charge in [0.15, 0.2) is 5.58 Å². The number of carbonyl (C=O) groups is 2. The summed E-state index contributed by atoms with van der Waals surface area (Å²) in [5.74, 6) is -1.68. The molecule has 28 heavy (non-hydrogen) atoms. The summed E-state index contributed by atoms with van der Waals surface area (Å²) in [7, 11) is 0. The number of nitrogens with one attached hydrogen (secondary N) is 1. The number of hydrogen-bond acceptors (Lipinski definition) is 4. The maximum absolute atomic E-state index is 12.5. The Morgan fingerprint density at radius 2 is 1.96 bits per heavy atom. The third-order valence-electron chi connectivity index (χ3n) is 5.18. The molecule has 0 spiro atoms. The van der Waals surface area contributed by atoms with Crippen molar-refractivity contribution < 1.29 is 14.0 Å². The van der Waals surface area contributed by atoms with E-state index < -0.39 is 17.6 Å². The molecule has 1 N–H and O–H groups in total.